The number of carbonyl (C=O) groups excluding carboxylic acids is 2. The van der Waals surface area contributed by atoms with E-state index in [0.29, 0.717) is 12.4 Å². The van der Waals surface area contributed by atoms with Crippen molar-refractivity contribution in [1.29, 1.82) is 0 Å². The number of rotatable bonds is 9. The maximum Gasteiger partial charge on any atom is 0.335 e. The number of aliphatic hydroxyl groups is 1. The fraction of sp³-hybridized carbons (Fsp3) is 0.750. The van der Waals surface area contributed by atoms with Gasteiger partial charge in [0.2, 0.25) is 0 Å². The molecule has 1 N–H and O–H groups in total. The Balaban J connectivity index is 2.49. The molecule has 1 aliphatic carbocycles. The lowest BCUT2D eigenvalue weighted by Crippen LogP contribution is -2.30. The van der Waals surface area contributed by atoms with E-state index < -0.39 is 12.6 Å². The second-order valence-electron chi connectivity index (χ2n) is 5.74. The van der Waals surface area contributed by atoms with Gasteiger partial charge in [-0.1, -0.05) is 32.8 Å². The second kappa shape index (κ2) is 9.55. The van der Waals surface area contributed by atoms with Crippen molar-refractivity contribution in [2.45, 2.75) is 39.0 Å². The lowest BCUT2D eigenvalue weighted by Gasteiger charge is -2.32. The largest absolute Gasteiger partial charge is 0.467 e. The van der Waals surface area contributed by atoms with E-state index in [1.807, 2.05) is 0 Å². The van der Waals surface area contributed by atoms with E-state index in [-0.39, 0.29) is 24.7 Å². The van der Waals surface area contributed by atoms with Gasteiger partial charge in [0.05, 0.1) is 25.4 Å². The van der Waals surface area contributed by atoms with Crippen molar-refractivity contribution < 1.29 is 24.2 Å². The molecule has 0 aromatic carbocycles. The third kappa shape index (κ3) is 5.87. The molecule has 0 spiro atoms. The van der Waals surface area contributed by atoms with Gasteiger partial charge in [-0.3, -0.25) is 4.79 Å². The monoisotopic (exact) mass is 298 g/mol. The summed E-state index contributed by atoms with van der Waals surface area (Å²) < 4.78 is 10.0. The van der Waals surface area contributed by atoms with Gasteiger partial charge in [-0.15, -0.1) is 0 Å². The predicted octanol–water partition coefficient (Wildman–Crippen LogP) is 2.08. The zero-order valence-electron chi connectivity index (χ0n) is 12.8. The van der Waals surface area contributed by atoms with Crippen LogP contribution in [0.1, 0.15) is 39.0 Å². The van der Waals surface area contributed by atoms with Crippen LogP contribution in [0.5, 0.6) is 0 Å². The van der Waals surface area contributed by atoms with Gasteiger partial charge in [-0.25, -0.2) is 4.79 Å². The van der Waals surface area contributed by atoms with Crippen LogP contribution in [0.2, 0.25) is 0 Å². The molecule has 1 unspecified atom stereocenters. The quantitative estimate of drug-likeness (QED) is 0.401. The summed E-state index contributed by atoms with van der Waals surface area (Å²) in [5.74, 6) is 0.618. The van der Waals surface area contributed by atoms with Gasteiger partial charge in [-0.05, 0) is 24.7 Å². The zero-order valence-corrected chi connectivity index (χ0v) is 12.8. The lowest BCUT2D eigenvalue weighted by atomic mass is 9.75. The lowest BCUT2D eigenvalue weighted by molar-refractivity contribution is -0.143. The normalized spacial score (nSPS) is 23.1. The van der Waals surface area contributed by atoms with Crippen LogP contribution in [0.4, 0.5) is 0 Å². The van der Waals surface area contributed by atoms with Gasteiger partial charge >= 0.3 is 5.97 Å². The molecule has 0 aromatic heterocycles. The highest BCUT2D eigenvalue weighted by Crippen LogP contribution is 2.35. The third-order valence-corrected chi connectivity index (χ3v) is 4.42. The molecule has 0 aromatic rings. The highest BCUT2D eigenvalue weighted by atomic mass is 16.5. The Hall–Kier alpha value is -1.36. The Morgan fingerprint density at radius 2 is 2.00 bits per heavy atom. The molecule has 1 aliphatic rings. The molecule has 1 rings (SSSR count). The third-order valence-electron chi connectivity index (χ3n) is 4.42. The molecular weight excluding hydrogens is 272 g/mol. The summed E-state index contributed by atoms with van der Waals surface area (Å²) in [4.78, 5) is 21.9. The van der Waals surface area contributed by atoms with Crippen LogP contribution < -0.4 is 0 Å². The van der Waals surface area contributed by atoms with E-state index >= 15 is 0 Å². The molecule has 5 nitrogen and oxygen atoms in total. The number of hydrogen-bond acceptors (Lipinski definition) is 5. The molecule has 0 heterocycles. The van der Waals surface area contributed by atoms with Crippen LogP contribution in [-0.2, 0) is 19.1 Å². The molecule has 0 amide bonds. The molecule has 0 radical (unpaired) electrons. The molecular formula is C16H26O5. The summed E-state index contributed by atoms with van der Waals surface area (Å²) in [5.41, 5.74) is 0.0414. The van der Waals surface area contributed by atoms with E-state index in [4.69, 9.17) is 14.6 Å². The van der Waals surface area contributed by atoms with Gasteiger partial charge in [-0.2, -0.15) is 0 Å². The summed E-state index contributed by atoms with van der Waals surface area (Å²) in [6, 6.07) is 0. The predicted molar refractivity (Wildman–Crippen MR) is 78.4 cm³/mol. The summed E-state index contributed by atoms with van der Waals surface area (Å²) in [5, 5.41) is 8.85. The van der Waals surface area contributed by atoms with Crippen LogP contribution in [-0.4, -0.2) is 37.4 Å². The van der Waals surface area contributed by atoms with Crippen molar-refractivity contribution in [2.75, 3.05) is 19.8 Å². The summed E-state index contributed by atoms with van der Waals surface area (Å²) in [7, 11) is 0. The van der Waals surface area contributed by atoms with Gasteiger partial charge in [0, 0.05) is 5.92 Å². The van der Waals surface area contributed by atoms with Crippen LogP contribution >= 0.6 is 0 Å². The fourth-order valence-electron chi connectivity index (χ4n) is 2.90. The number of aliphatic hydroxyl groups excluding tert-OH is 1. The van der Waals surface area contributed by atoms with Crippen molar-refractivity contribution in [3.05, 3.63) is 12.2 Å². The van der Waals surface area contributed by atoms with Gasteiger partial charge in [0.15, 0.2) is 0 Å². The van der Waals surface area contributed by atoms with Crippen molar-refractivity contribution in [3.8, 4) is 0 Å². The van der Waals surface area contributed by atoms with Crippen LogP contribution in [0, 0.1) is 17.8 Å². The van der Waals surface area contributed by atoms with Crippen LogP contribution in [0.15, 0.2) is 12.2 Å². The van der Waals surface area contributed by atoms with E-state index in [9.17, 15) is 9.59 Å². The number of hydrogen-bond donors (Lipinski definition) is 1. The summed E-state index contributed by atoms with van der Waals surface area (Å²) >= 11 is 0. The zero-order chi connectivity index (χ0) is 15.7. The van der Waals surface area contributed by atoms with Crippen LogP contribution in [0.25, 0.3) is 0 Å². The van der Waals surface area contributed by atoms with Gasteiger partial charge < -0.3 is 14.6 Å². The molecule has 120 valence electrons. The standard InChI is InChI=1S/C16H26O5/c1-3-13-4-6-14(7-5-13)15(9-20-11-18)10-21-16(19)12(2)8-17/h11,13-15,17H,2-10H2,1H3. The Morgan fingerprint density at radius 3 is 2.52 bits per heavy atom. The van der Waals surface area contributed by atoms with E-state index in [0.717, 1.165) is 18.8 Å². The molecule has 0 bridgehead atoms. The molecule has 0 saturated heterocycles. The summed E-state index contributed by atoms with van der Waals surface area (Å²) in [6.07, 6.45) is 5.70. The number of ether oxygens (including phenoxy) is 2. The molecule has 21 heavy (non-hydrogen) atoms. The second-order valence-corrected chi connectivity index (χ2v) is 5.74. The first-order chi connectivity index (χ1) is 10.1. The highest BCUT2D eigenvalue weighted by Gasteiger charge is 2.28. The van der Waals surface area contributed by atoms with Crippen molar-refractivity contribution in [3.63, 3.8) is 0 Å². The molecule has 1 saturated carbocycles. The van der Waals surface area contributed by atoms with Crippen molar-refractivity contribution in [1.82, 2.24) is 0 Å². The Bertz CT molecular complexity index is 345. The first-order valence-electron chi connectivity index (χ1n) is 7.63. The van der Waals surface area contributed by atoms with E-state index in [1.54, 1.807) is 0 Å². The fourth-order valence-corrected chi connectivity index (χ4v) is 2.90. The Labute approximate surface area is 126 Å². The van der Waals surface area contributed by atoms with Crippen molar-refractivity contribution in [2.24, 2.45) is 17.8 Å². The molecule has 5 heteroatoms. The first-order valence-corrected chi connectivity index (χ1v) is 7.63. The van der Waals surface area contributed by atoms with Gasteiger partial charge in [0.1, 0.15) is 0 Å². The molecule has 1 fully saturated rings. The minimum atomic E-state index is -0.587. The maximum absolute atomic E-state index is 11.5. The number of esters is 1. The average Bonchev–Trinajstić information content (AvgIpc) is 2.54. The summed E-state index contributed by atoms with van der Waals surface area (Å²) in [6.45, 7) is 6.14. The number of carbonyl (C=O) groups is 2. The minimum absolute atomic E-state index is 0.0171. The van der Waals surface area contributed by atoms with Crippen molar-refractivity contribution >= 4 is 12.4 Å². The van der Waals surface area contributed by atoms with E-state index in [2.05, 4.69) is 13.5 Å². The van der Waals surface area contributed by atoms with Gasteiger partial charge in [0.25, 0.3) is 6.47 Å². The Kier molecular flexibility index (Phi) is 8.05. The molecule has 1 atom stereocenters. The average molecular weight is 298 g/mol. The van der Waals surface area contributed by atoms with Crippen LogP contribution in [0.3, 0.4) is 0 Å². The Morgan fingerprint density at radius 1 is 1.33 bits per heavy atom. The highest BCUT2D eigenvalue weighted by molar-refractivity contribution is 5.87. The topological polar surface area (TPSA) is 72.8 Å². The van der Waals surface area contributed by atoms with E-state index in [1.165, 1.54) is 19.3 Å². The first kappa shape index (κ1) is 17.7. The molecule has 0 aliphatic heterocycles. The maximum atomic E-state index is 11.5. The minimum Gasteiger partial charge on any atom is -0.467 e. The smallest absolute Gasteiger partial charge is 0.335 e. The SMILES string of the molecule is C=C(CO)C(=O)OCC(COC=O)C1CCC(CC)CC1.